The number of halogens is 1. The van der Waals surface area contributed by atoms with Crippen LogP contribution in [0.1, 0.15) is 33.1 Å². The minimum absolute atomic E-state index is 0.175. The normalized spacial score (nSPS) is 21.9. The largest absolute Gasteiger partial charge is 0.490 e. The molecule has 1 atom stereocenters. The second-order valence-corrected chi connectivity index (χ2v) is 5.47. The summed E-state index contributed by atoms with van der Waals surface area (Å²) in [6, 6.07) is 2.92. The van der Waals surface area contributed by atoms with Crippen LogP contribution in [0.3, 0.4) is 0 Å². The lowest BCUT2D eigenvalue weighted by Crippen LogP contribution is -2.32. The lowest BCUT2D eigenvalue weighted by molar-refractivity contribution is 0.0315. The number of benzene rings is 1. The molecule has 1 unspecified atom stereocenters. The van der Waals surface area contributed by atoms with Gasteiger partial charge in [0.05, 0.1) is 23.6 Å². The van der Waals surface area contributed by atoms with Gasteiger partial charge in [0.1, 0.15) is 0 Å². The standard InChI is InChI=1S/C15H23FN2O2/c1-3-6-19-14-9-13(12(17)8-11(14)16)18-10-15(2)5-4-7-20-15/h8-9,18H,3-7,10,17H2,1-2H3. The predicted octanol–water partition coefficient (Wildman–Crippen LogP) is 3.18. The monoisotopic (exact) mass is 282 g/mol. The molecule has 0 aliphatic carbocycles. The summed E-state index contributed by atoms with van der Waals surface area (Å²) in [6.45, 7) is 5.98. The zero-order valence-electron chi connectivity index (χ0n) is 12.2. The fourth-order valence-corrected chi connectivity index (χ4v) is 2.30. The average Bonchev–Trinajstić information content (AvgIpc) is 2.84. The van der Waals surface area contributed by atoms with Gasteiger partial charge in [0.15, 0.2) is 11.6 Å². The van der Waals surface area contributed by atoms with Crippen molar-refractivity contribution in [3.63, 3.8) is 0 Å². The summed E-state index contributed by atoms with van der Waals surface area (Å²) in [4.78, 5) is 0. The van der Waals surface area contributed by atoms with Crippen molar-refractivity contribution in [3.8, 4) is 5.75 Å². The topological polar surface area (TPSA) is 56.5 Å². The van der Waals surface area contributed by atoms with Crippen LogP contribution >= 0.6 is 0 Å². The van der Waals surface area contributed by atoms with Crippen LogP contribution < -0.4 is 15.8 Å². The van der Waals surface area contributed by atoms with Crippen LogP contribution in [0.5, 0.6) is 5.75 Å². The Kier molecular flexibility index (Phi) is 4.70. The maximum absolute atomic E-state index is 13.7. The first-order valence-electron chi connectivity index (χ1n) is 7.14. The van der Waals surface area contributed by atoms with Crippen LogP contribution in [-0.2, 0) is 4.74 Å². The maximum atomic E-state index is 13.7. The Morgan fingerprint density at radius 2 is 2.30 bits per heavy atom. The van der Waals surface area contributed by atoms with Crippen molar-refractivity contribution in [2.45, 2.75) is 38.7 Å². The molecule has 5 heteroatoms. The van der Waals surface area contributed by atoms with Crippen LogP contribution in [0.15, 0.2) is 12.1 Å². The molecule has 0 saturated carbocycles. The van der Waals surface area contributed by atoms with Gasteiger partial charge in [-0.05, 0) is 26.2 Å². The van der Waals surface area contributed by atoms with E-state index in [0.717, 1.165) is 25.9 Å². The van der Waals surface area contributed by atoms with Crippen LogP contribution in [0, 0.1) is 5.82 Å². The van der Waals surface area contributed by atoms with Gasteiger partial charge in [-0.15, -0.1) is 0 Å². The molecule has 1 aliphatic rings. The lowest BCUT2D eigenvalue weighted by atomic mass is 10.0. The van der Waals surface area contributed by atoms with Crippen LogP contribution in [0.25, 0.3) is 0 Å². The van der Waals surface area contributed by atoms with E-state index < -0.39 is 5.82 Å². The number of anilines is 2. The Bertz CT molecular complexity index is 459. The van der Waals surface area contributed by atoms with E-state index in [-0.39, 0.29) is 11.4 Å². The first-order valence-corrected chi connectivity index (χ1v) is 7.14. The van der Waals surface area contributed by atoms with Crippen molar-refractivity contribution in [2.75, 3.05) is 30.8 Å². The van der Waals surface area contributed by atoms with Crippen molar-refractivity contribution < 1.29 is 13.9 Å². The Hall–Kier alpha value is -1.49. The first kappa shape index (κ1) is 14.9. The maximum Gasteiger partial charge on any atom is 0.167 e. The predicted molar refractivity (Wildman–Crippen MR) is 78.7 cm³/mol. The minimum Gasteiger partial charge on any atom is -0.490 e. The molecule has 1 saturated heterocycles. The molecule has 20 heavy (non-hydrogen) atoms. The Morgan fingerprint density at radius 3 is 2.95 bits per heavy atom. The van der Waals surface area contributed by atoms with Crippen molar-refractivity contribution in [1.82, 2.24) is 0 Å². The second-order valence-electron chi connectivity index (χ2n) is 5.47. The molecular formula is C15H23FN2O2. The smallest absolute Gasteiger partial charge is 0.167 e. The van der Waals surface area contributed by atoms with Gasteiger partial charge in [-0.25, -0.2) is 4.39 Å². The molecule has 2 rings (SSSR count). The summed E-state index contributed by atoms with van der Waals surface area (Å²) in [5, 5.41) is 3.24. The van der Waals surface area contributed by atoms with Crippen molar-refractivity contribution in [1.29, 1.82) is 0 Å². The van der Waals surface area contributed by atoms with E-state index in [4.69, 9.17) is 15.2 Å². The van der Waals surface area contributed by atoms with E-state index in [0.29, 0.717) is 24.5 Å². The summed E-state index contributed by atoms with van der Waals surface area (Å²) in [6.07, 6.45) is 2.92. The highest BCUT2D eigenvalue weighted by atomic mass is 19.1. The van der Waals surface area contributed by atoms with Crippen LogP contribution in [0.2, 0.25) is 0 Å². The SMILES string of the molecule is CCCOc1cc(NCC2(C)CCCO2)c(N)cc1F. The zero-order valence-corrected chi connectivity index (χ0v) is 12.2. The van der Waals surface area contributed by atoms with Crippen molar-refractivity contribution >= 4 is 11.4 Å². The number of ether oxygens (including phenoxy) is 2. The van der Waals surface area contributed by atoms with E-state index >= 15 is 0 Å². The lowest BCUT2D eigenvalue weighted by Gasteiger charge is -2.24. The molecule has 0 radical (unpaired) electrons. The van der Waals surface area contributed by atoms with Crippen molar-refractivity contribution in [3.05, 3.63) is 17.9 Å². The summed E-state index contributed by atoms with van der Waals surface area (Å²) in [7, 11) is 0. The number of nitrogen functional groups attached to an aromatic ring is 1. The summed E-state index contributed by atoms with van der Waals surface area (Å²) in [5.74, 6) is -0.189. The molecule has 1 aromatic carbocycles. The van der Waals surface area contributed by atoms with Gasteiger partial charge in [-0.1, -0.05) is 6.92 Å². The molecular weight excluding hydrogens is 259 g/mol. The van der Waals surface area contributed by atoms with Gasteiger partial charge in [0, 0.05) is 25.3 Å². The molecule has 1 heterocycles. The summed E-state index contributed by atoms with van der Waals surface area (Å²) < 4.78 is 24.8. The van der Waals surface area contributed by atoms with Crippen LogP contribution in [-0.4, -0.2) is 25.4 Å². The zero-order chi connectivity index (χ0) is 14.6. The minimum atomic E-state index is -0.426. The third-order valence-electron chi connectivity index (χ3n) is 3.52. The van der Waals surface area contributed by atoms with Gasteiger partial charge in [-0.2, -0.15) is 0 Å². The van der Waals surface area contributed by atoms with Gasteiger partial charge >= 0.3 is 0 Å². The molecule has 3 N–H and O–H groups in total. The highest BCUT2D eigenvalue weighted by molar-refractivity contribution is 5.68. The number of hydrogen-bond acceptors (Lipinski definition) is 4. The third-order valence-corrected chi connectivity index (χ3v) is 3.52. The number of nitrogens with one attached hydrogen (secondary N) is 1. The third kappa shape index (κ3) is 3.54. The molecule has 1 aromatic rings. The Balaban J connectivity index is 2.06. The number of hydrogen-bond donors (Lipinski definition) is 2. The molecule has 4 nitrogen and oxygen atoms in total. The van der Waals surface area contributed by atoms with Gasteiger partial charge in [0.2, 0.25) is 0 Å². The molecule has 1 fully saturated rings. The number of rotatable bonds is 6. The quantitative estimate of drug-likeness (QED) is 0.787. The van der Waals surface area contributed by atoms with E-state index in [1.165, 1.54) is 6.07 Å². The number of nitrogens with two attached hydrogens (primary N) is 1. The van der Waals surface area contributed by atoms with Gasteiger partial charge < -0.3 is 20.5 Å². The Labute approximate surface area is 119 Å². The fourth-order valence-electron chi connectivity index (χ4n) is 2.30. The fraction of sp³-hybridized carbons (Fsp3) is 0.600. The molecule has 0 spiro atoms. The molecule has 1 aliphatic heterocycles. The first-order chi connectivity index (χ1) is 9.54. The van der Waals surface area contributed by atoms with E-state index in [2.05, 4.69) is 12.2 Å². The van der Waals surface area contributed by atoms with Crippen molar-refractivity contribution in [2.24, 2.45) is 0 Å². The molecule has 0 amide bonds. The molecule has 0 bridgehead atoms. The van der Waals surface area contributed by atoms with Gasteiger partial charge in [-0.3, -0.25) is 0 Å². The molecule has 112 valence electrons. The second kappa shape index (κ2) is 6.31. The average molecular weight is 282 g/mol. The van der Waals surface area contributed by atoms with E-state index in [9.17, 15) is 4.39 Å². The van der Waals surface area contributed by atoms with E-state index in [1.807, 2.05) is 6.92 Å². The summed E-state index contributed by atoms with van der Waals surface area (Å²) in [5.41, 5.74) is 6.74. The van der Waals surface area contributed by atoms with Crippen LogP contribution in [0.4, 0.5) is 15.8 Å². The van der Waals surface area contributed by atoms with E-state index in [1.54, 1.807) is 6.07 Å². The highest BCUT2D eigenvalue weighted by Crippen LogP contribution is 2.30. The molecule has 0 aromatic heterocycles. The highest BCUT2D eigenvalue weighted by Gasteiger charge is 2.29. The summed E-state index contributed by atoms with van der Waals surface area (Å²) >= 11 is 0. The Morgan fingerprint density at radius 1 is 1.50 bits per heavy atom. The van der Waals surface area contributed by atoms with Gasteiger partial charge in [0.25, 0.3) is 0 Å².